The van der Waals surface area contributed by atoms with Gasteiger partial charge in [0.05, 0.1) is 18.9 Å². The number of fused-ring (bicyclic) bond motifs is 1. The molecule has 16 heteroatoms. The van der Waals surface area contributed by atoms with E-state index in [0.29, 0.717) is 11.1 Å². The van der Waals surface area contributed by atoms with Gasteiger partial charge in [-0.05, 0) is 49.2 Å². The van der Waals surface area contributed by atoms with Crippen molar-refractivity contribution in [2.24, 2.45) is 5.92 Å². The zero-order valence-electron chi connectivity index (χ0n) is 27.8. The van der Waals surface area contributed by atoms with E-state index >= 15 is 0 Å². The number of halogens is 1. The molecule has 268 valence electrons. The summed E-state index contributed by atoms with van der Waals surface area (Å²) in [7, 11) is -4.49. The largest absolute Gasteiger partial charge is 0.464 e. The number of ether oxygens (including phenoxy) is 2. The lowest BCUT2D eigenvalue weighted by molar-refractivity contribution is -0.146. The van der Waals surface area contributed by atoms with Crippen LogP contribution in [0.25, 0.3) is 5.52 Å². The first-order valence-corrected chi connectivity index (χ1v) is 17.8. The van der Waals surface area contributed by atoms with E-state index in [0.717, 1.165) is 12.8 Å². The number of para-hydroxylation sites is 1. The van der Waals surface area contributed by atoms with Crippen molar-refractivity contribution < 1.29 is 47.3 Å². The van der Waals surface area contributed by atoms with Gasteiger partial charge in [0.25, 0.3) is 5.91 Å². The number of aliphatic hydroxyl groups is 2. The maximum Gasteiger partial charge on any atom is 0.459 e. The van der Waals surface area contributed by atoms with Crippen molar-refractivity contribution in [1.29, 1.82) is 0 Å². The second-order valence-corrected chi connectivity index (χ2v) is 13.7. The van der Waals surface area contributed by atoms with Gasteiger partial charge in [0.15, 0.2) is 5.82 Å². The average Bonchev–Trinajstić information content (AvgIpc) is 3.67. The van der Waals surface area contributed by atoms with Crippen molar-refractivity contribution >= 4 is 31.0 Å². The van der Waals surface area contributed by atoms with Crippen molar-refractivity contribution in [1.82, 2.24) is 19.7 Å². The minimum atomic E-state index is -4.49. The highest BCUT2D eigenvalue weighted by Gasteiger charge is 2.57. The van der Waals surface area contributed by atoms with E-state index in [9.17, 15) is 28.8 Å². The molecule has 2 aromatic carbocycles. The molecule has 1 amide bonds. The number of carbonyl (C=O) groups is 2. The molecule has 50 heavy (non-hydrogen) atoms. The van der Waals surface area contributed by atoms with Crippen molar-refractivity contribution in [2.75, 3.05) is 25.2 Å². The number of nitrogens with one attached hydrogen (secondary N) is 2. The molecule has 4 aromatic rings. The Morgan fingerprint density at radius 3 is 2.40 bits per heavy atom. The number of carbonyl (C=O) groups excluding carboxylic acids is 2. The summed E-state index contributed by atoms with van der Waals surface area (Å²) in [5, 5.41) is 31.8. The Morgan fingerprint density at radius 2 is 1.74 bits per heavy atom. The van der Waals surface area contributed by atoms with Crippen molar-refractivity contribution in [2.45, 2.75) is 63.6 Å². The van der Waals surface area contributed by atoms with Crippen LogP contribution in [0.3, 0.4) is 0 Å². The van der Waals surface area contributed by atoms with Gasteiger partial charge in [-0.3, -0.25) is 14.1 Å². The Kier molecular flexibility index (Phi) is 12.0. The molecule has 0 spiro atoms. The first kappa shape index (κ1) is 37.0. The molecule has 0 bridgehead atoms. The number of hydrogen-bond donors (Lipinski definition) is 4. The first-order chi connectivity index (χ1) is 24.0. The van der Waals surface area contributed by atoms with Gasteiger partial charge in [0, 0.05) is 5.56 Å². The van der Waals surface area contributed by atoms with Crippen LogP contribution >= 0.6 is 7.75 Å². The van der Waals surface area contributed by atoms with E-state index < -0.39 is 62.9 Å². The molecule has 5 rings (SSSR count). The molecule has 1 aliphatic rings. The van der Waals surface area contributed by atoms with Crippen LogP contribution in [-0.4, -0.2) is 80.4 Å². The maximum atomic E-state index is 14.9. The lowest BCUT2D eigenvalue weighted by Gasteiger charge is -2.31. The fourth-order valence-corrected chi connectivity index (χ4v) is 7.00. The third-order valence-electron chi connectivity index (χ3n) is 8.57. The molecule has 2 aromatic heterocycles. The molecule has 3 heterocycles. The summed E-state index contributed by atoms with van der Waals surface area (Å²) in [6.45, 7) is 3.34. The SMILES string of the molecule is CCC(CC)COC(=O)[C@H](C)NP(=O)(OC[C@@]1(CF)O[C@@H](c2ccc3c(NC(=O)c4ccccc4)ncnn23)[C@H](O)[C@@H]1O)Oc1ccccc1. The minimum absolute atomic E-state index is 0.121. The Morgan fingerprint density at radius 1 is 1.06 bits per heavy atom. The highest BCUT2D eigenvalue weighted by molar-refractivity contribution is 7.52. The summed E-state index contributed by atoms with van der Waals surface area (Å²) in [4.78, 5) is 29.8. The van der Waals surface area contributed by atoms with E-state index in [1.165, 1.54) is 36.0 Å². The van der Waals surface area contributed by atoms with Crippen LogP contribution in [0.1, 0.15) is 55.8 Å². The minimum Gasteiger partial charge on any atom is -0.464 e. The normalized spacial score (nSPS) is 22.3. The Labute approximate surface area is 288 Å². The summed E-state index contributed by atoms with van der Waals surface area (Å²) < 4.78 is 53.1. The van der Waals surface area contributed by atoms with Crippen LogP contribution < -0.4 is 14.9 Å². The second kappa shape index (κ2) is 16.2. The lowest BCUT2D eigenvalue weighted by Crippen LogP contribution is -2.49. The summed E-state index contributed by atoms with van der Waals surface area (Å²) in [5.74, 6) is -0.684. The number of hydrogen-bond acceptors (Lipinski definition) is 11. The number of nitrogens with zero attached hydrogens (tertiary/aromatic N) is 3. The smallest absolute Gasteiger partial charge is 0.459 e. The fraction of sp³-hybridized carbons (Fsp3) is 0.412. The van der Waals surface area contributed by atoms with Gasteiger partial charge >= 0.3 is 13.7 Å². The van der Waals surface area contributed by atoms with Crippen LogP contribution in [0.15, 0.2) is 79.1 Å². The molecule has 4 N–H and O–H groups in total. The Balaban J connectivity index is 1.35. The third kappa shape index (κ3) is 8.20. The van der Waals surface area contributed by atoms with Crippen LogP contribution in [0.4, 0.5) is 10.2 Å². The van der Waals surface area contributed by atoms with Gasteiger partial charge in [-0.1, -0.05) is 63.1 Å². The molecule has 1 saturated heterocycles. The lowest BCUT2D eigenvalue weighted by atomic mass is 9.96. The maximum absolute atomic E-state index is 14.9. The van der Waals surface area contributed by atoms with Gasteiger partial charge in [0.1, 0.15) is 54.2 Å². The first-order valence-electron chi connectivity index (χ1n) is 16.3. The number of rotatable bonds is 16. The number of amides is 1. The van der Waals surface area contributed by atoms with Crippen LogP contribution in [0.2, 0.25) is 0 Å². The zero-order valence-corrected chi connectivity index (χ0v) is 28.7. The predicted molar refractivity (Wildman–Crippen MR) is 180 cm³/mol. The standard InChI is InChI=1S/C34H41FN5O9P/c1-4-23(5-2)18-46-33(44)22(3)39-50(45,49-25-14-10-7-11-15-25)47-20-34(19-35)30(42)28(41)29(48-34)26-16-17-27-31(36-21-37-40(26)27)38-32(43)24-12-8-6-9-13-24/h6-17,21-23,28-30,41-42H,4-5,18-20H2,1-3H3,(H,39,45)(H,36,37,38,43)/t22-,28-,29-,30-,34+,50?/m0/s1. The molecule has 1 fully saturated rings. The molecule has 0 radical (unpaired) electrons. The van der Waals surface area contributed by atoms with Gasteiger partial charge in [-0.2, -0.15) is 10.2 Å². The van der Waals surface area contributed by atoms with E-state index in [-0.39, 0.29) is 29.8 Å². The van der Waals surface area contributed by atoms with Crippen molar-refractivity contribution in [3.05, 3.63) is 90.4 Å². The summed E-state index contributed by atoms with van der Waals surface area (Å²) in [6.07, 6.45) is -2.10. The number of esters is 1. The number of benzene rings is 2. The van der Waals surface area contributed by atoms with E-state index in [4.69, 9.17) is 18.5 Å². The second-order valence-electron chi connectivity index (χ2n) is 12.0. The Bertz CT molecular complexity index is 1800. The third-order valence-corrected chi connectivity index (χ3v) is 10.2. The average molecular weight is 714 g/mol. The van der Waals surface area contributed by atoms with Gasteiger partial charge in [-0.25, -0.2) is 18.5 Å². The van der Waals surface area contributed by atoms with E-state index in [2.05, 4.69) is 20.5 Å². The highest BCUT2D eigenvalue weighted by atomic mass is 31.2. The molecule has 0 saturated carbocycles. The van der Waals surface area contributed by atoms with Crippen LogP contribution in [-0.2, 0) is 23.4 Å². The van der Waals surface area contributed by atoms with E-state index in [1.807, 2.05) is 13.8 Å². The monoisotopic (exact) mass is 713 g/mol. The number of aromatic nitrogens is 3. The predicted octanol–water partition coefficient (Wildman–Crippen LogP) is 4.64. The zero-order chi connectivity index (χ0) is 35.9. The summed E-state index contributed by atoms with van der Waals surface area (Å²) >= 11 is 0. The molecule has 14 nitrogen and oxygen atoms in total. The topological polar surface area (TPSA) is 183 Å². The molecule has 0 aliphatic carbocycles. The van der Waals surface area contributed by atoms with Crippen molar-refractivity contribution in [3.8, 4) is 5.75 Å². The number of aliphatic hydroxyl groups excluding tert-OH is 2. The number of anilines is 1. The van der Waals surface area contributed by atoms with Gasteiger partial charge in [-0.15, -0.1) is 0 Å². The van der Waals surface area contributed by atoms with Crippen LogP contribution in [0, 0.1) is 5.92 Å². The van der Waals surface area contributed by atoms with Gasteiger partial charge < -0.3 is 29.5 Å². The fourth-order valence-electron chi connectivity index (χ4n) is 5.45. The summed E-state index contributed by atoms with van der Waals surface area (Å²) in [6, 6.07) is 18.4. The molecular weight excluding hydrogens is 672 g/mol. The highest BCUT2D eigenvalue weighted by Crippen LogP contribution is 2.49. The quantitative estimate of drug-likeness (QED) is 0.0934. The van der Waals surface area contributed by atoms with Crippen molar-refractivity contribution in [3.63, 3.8) is 0 Å². The van der Waals surface area contributed by atoms with E-state index in [1.54, 1.807) is 54.6 Å². The Hall–Kier alpha value is -4.24. The van der Waals surface area contributed by atoms with Gasteiger partial charge in [0.2, 0.25) is 0 Å². The summed E-state index contributed by atoms with van der Waals surface area (Å²) in [5.41, 5.74) is -1.28. The molecule has 6 atom stereocenters. The van der Waals surface area contributed by atoms with Crippen LogP contribution in [0.5, 0.6) is 5.75 Å². The molecule has 1 unspecified atom stereocenters. The molecule has 1 aliphatic heterocycles. The number of alkyl halides is 1. The molecular formula is C34H41FN5O9P.